The van der Waals surface area contributed by atoms with Gasteiger partial charge in [-0.2, -0.15) is 0 Å². The predicted molar refractivity (Wildman–Crippen MR) is 109 cm³/mol. The summed E-state index contributed by atoms with van der Waals surface area (Å²) in [5.74, 6) is -1.43. The first-order valence-corrected chi connectivity index (χ1v) is 10.9. The van der Waals surface area contributed by atoms with Gasteiger partial charge in [0, 0.05) is 24.2 Å². The van der Waals surface area contributed by atoms with E-state index in [0.29, 0.717) is 16.3 Å². The lowest BCUT2D eigenvalue weighted by Crippen LogP contribution is -2.22. The molecule has 0 radical (unpaired) electrons. The van der Waals surface area contributed by atoms with E-state index >= 15 is 0 Å². The maximum absolute atomic E-state index is 12.4. The Bertz CT molecular complexity index is 1140. The summed E-state index contributed by atoms with van der Waals surface area (Å²) in [6, 6.07) is 13.0. The van der Waals surface area contributed by atoms with Crippen molar-refractivity contribution in [3.63, 3.8) is 0 Å². The van der Waals surface area contributed by atoms with E-state index in [-0.39, 0.29) is 29.2 Å². The topological polar surface area (TPSA) is 119 Å². The van der Waals surface area contributed by atoms with Crippen molar-refractivity contribution in [3.8, 4) is 11.6 Å². The molecule has 0 bridgehead atoms. The van der Waals surface area contributed by atoms with Crippen LogP contribution in [0, 0.1) is 0 Å². The number of aromatic nitrogens is 1. The molecule has 0 aliphatic carbocycles. The van der Waals surface area contributed by atoms with Crippen LogP contribution in [-0.4, -0.2) is 35.8 Å². The molecular weight excluding hydrogens is 416 g/mol. The summed E-state index contributed by atoms with van der Waals surface area (Å²) in [6.07, 6.45) is 1.39. The number of carbonyl (C=O) groups is 1. The fourth-order valence-corrected chi connectivity index (χ4v) is 3.56. The third-order valence-corrected chi connectivity index (χ3v) is 5.73. The summed E-state index contributed by atoms with van der Waals surface area (Å²) < 4.78 is 23.0. The van der Waals surface area contributed by atoms with E-state index in [1.807, 2.05) is 0 Å². The molecule has 3 rings (SSSR count). The Morgan fingerprint density at radius 2 is 1.62 bits per heavy atom. The Labute approximate surface area is 172 Å². The number of aromatic amines is 1. The van der Waals surface area contributed by atoms with Crippen LogP contribution < -0.4 is 5.32 Å². The van der Waals surface area contributed by atoms with Crippen molar-refractivity contribution < 1.29 is 23.4 Å². The van der Waals surface area contributed by atoms with E-state index in [4.69, 9.17) is 11.6 Å². The average molecular weight is 435 g/mol. The van der Waals surface area contributed by atoms with Gasteiger partial charge in [0.1, 0.15) is 5.56 Å². The van der Waals surface area contributed by atoms with Gasteiger partial charge in [-0.15, -0.1) is 0 Å². The van der Waals surface area contributed by atoms with Gasteiger partial charge in [-0.3, -0.25) is 4.79 Å². The number of aromatic hydroxyl groups is 2. The zero-order valence-electron chi connectivity index (χ0n) is 15.4. The van der Waals surface area contributed by atoms with Crippen LogP contribution in [0.2, 0.25) is 5.02 Å². The largest absolute Gasteiger partial charge is 0.505 e. The van der Waals surface area contributed by atoms with E-state index in [9.17, 15) is 23.4 Å². The number of amides is 1. The normalized spacial score (nSPS) is 11.4. The Balaban J connectivity index is 1.71. The number of rotatable bonds is 6. The fraction of sp³-hybridized carbons (Fsp3) is 0.150. The van der Waals surface area contributed by atoms with E-state index in [1.165, 1.54) is 12.1 Å². The van der Waals surface area contributed by atoms with Gasteiger partial charge in [0.25, 0.3) is 5.91 Å². The van der Waals surface area contributed by atoms with Crippen molar-refractivity contribution in [2.45, 2.75) is 17.9 Å². The first-order valence-electron chi connectivity index (χ1n) is 8.59. The number of H-pyrrole nitrogens is 1. The number of halogens is 1. The van der Waals surface area contributed by atoms with E-state index in [2.05, 4.69) is 10.3 Å². The number of carbonyl (C=O) groups excluding carboxylic acids is 1. The highest BCUT2D eigenvalue weighted by atomic mass is 35.5. The van der Waals surface area contributed by atoms with Gasteiger partial charge >= 0.3 is 0 Å². The molecule has 1 amide bonds. The van der Waals surface area contributed by atoms with Crippen LogP contribution in [0.1, 0.15) is 27.2 Å². The van der Waals surface area contributed by atoms with Gasteiger partial charge in [0.15, 0.2) is 15.6 Å². The number of sulfone groups is 1. The number of hydrogen-bond donors (Lipinski definition) is 4. The van der Waals surface area contributed by atoms with Crippen molar-refractivity contribution in [2.75, 3.05) is 6.26 Å². The molecule has 0 saturated carbocycles. The van der Waals surface area contributed by atoms with E-state index in [0.717, 1.165) is 11.8 Å². The SMILES string of the molecule is CS(=O)(=O)c1ccc(CNC(=O)c2c(O)[nH]c(Cc3ccc(Cl)cc3)c2O)cc1. The Kier molecular flexibility index (Phi) is 5.86. The van der Waals surface area contributed by atoms with Gasteiger partial charge in [-0.05, 0) is 35.4 Å². The first-order chi connectivity index (χ1) is 13.6. The molecule has 2 aromatic carbocycles. The standard InChI is InChI=1S/C20H19ClN2O5S/c1-29(27,28)15-8-4-13(5-9-15)11-22-19(25)17-18(24)16(23-20(17)26)10-12-2-6-14(21)7-3-12/h2-9,23-24,26H,10-11H2,1H3,(H,22,25). The van der Waals surface area contributed by atoms with Gasteiger partial charge in [-0.1, -0.05) is 35.9 Å². The Hall–Kier alpha value is -2.97. The molecule has 0 spiro atoms. The van der Waals surface area contributed by atoms with Crippen LogP contribution in [0.4, 0.5) is 0 Å². The average Bonchev–Trinajstić information content (AvgIpc) is 2.94. The first kappa shape index (κ1) is 20.8. The van der Waals surface area contributed by atoms with Crippen LogP contribution in [0.3, 0.4) is 0 Å². The van der Waals surface area contributed by atoms with E-state index < -0.39 is 21.6 Å². The van der Waals surface area contributed by atoms with Crippen molar-refractivity contribution in [2.24, 2.45) is 0 Å². The monoisotopic (exact) mass is 434 g/mol. The maximum atomic E-state index is 12.4. The molecule has 9 heteroatoms. The lowest BCUT2D eigenvalue weighted by molar-refractivity contribution is 0.0945. The molecule has 0 atom stereocenters. The van der Waals surface area contributed by atoms with Crippen molar-refractivity contribution >= 4 is 27.3 Å². The van der Waals surface area contributed by atoms with Crippen LogP contribution in [0.15, 0.2) is 53.4 Å². The minimum atomic E-state index is -3.30. The van der Waals surface area contributed by atoms with Crippen LogP contribution in [0.25, 0.3) is 0 Å². The molecule has 0 unspecified atom stereocenters. The summed E-state index contributed by atoms with van der Waals surface area (Å²) in [4.78, 5) is 15.2. The lowest BCUT2D eigenvalue weighted by atomic mass is 10.1. The molecular formula is C20H19ClN2O5S. The van der Waals surface area contributed by atoms with Gasteiger partial charge in [0.05, 0.1) is 10.6 Å². The molecule has 1 aromatic heterocycles. The molecule has 0 saturated heterocycles. The van der Waals surface area contributed by atoms with Gasteiger partial charge in [-0.25, -0.2) is 8.42 Å². The quantitative estimate of drug-likeness (QED) is 0.475. The molecule has 7 nitrogen and oxygen atoms in total. The summed E-state index contributed by atoms with van der Waals surface area (Å²) in [5, 5.41) is 23.6. The zero-order chi connectivity index (χ0) is 21.2. The zero-order valence-corrected chi connectivity index (χ0v) is 17.0. The fourth-order valence-electron chi connectivity index (χ4n) is 2.80. The summed E-state index contributed by atoms with van der Waals surface area (Å²) in [5.41, 5.74) is 1.56. The lowest BCUT2D eigenvalue weighted by Gasteiger charge is -2.06. The highest BCUT2D eigenvalue weighted by Gasteiger charge is 2.23. The number of nitrogens with one attached hydrogen (secondary N) is 2. The second-order valence-electron chi connectivity index (χ2n) is 6.58. The van der Waals surface area contributed by atoms with Crippen LogP contribution in [-0.2, 0) is 22.8 Å². The number of benzene rings is 2. The molecule has 4 N–H and O–H groups in total. The molecule has 3 aromatic rings. The Morgan fingerprint density at radius 3 is 2.21 bits per heavy atom. The molecule has 0 aliphatic heterocycles. The molecule has 29 heavy (non-hydrogen) atoms. The molecule has 1 heterocycles. The predicted octanol–water partition coefficient (Wildman–Crippen LogP) is 3.00. The highest BCUT2D eigenvalue weighted by molar-refractivity contribution is 7.90. The van der Waals surface area contributed by atoms with Crippen LogP contribution >= 0.6 is 11.6 Å². The third kappa shape index (κ3) is 4.90. The summed E-state index contributed by atoms with van der Waals surface area (Å²) in [7, 11) is -3.30. The Morgan fingerprint density at radius 1 is 1.03 bits per heavy atom. The maximum Gasteiger partial charge on any atom is 0.260 e. The van der Waals surface area contributed by atoms with Crippen molar-refractivity contribution in [1.29, 1.82) is 0 Å². The molecule has 0 fully saturated rings. The van der Waals surface area contributed by atoms with Crippen LogP contribution in [0.5, 0.6) is 11.6 Å². The smallest absolute Gasteiger partial charge is 0.260 e. The second-order valence-corrected chi connectivity index (χ2v) is 9.03. The molecule has 0 aliphatic rings. The minimum absolute atomic E-state index is 0.0967. The van der Waals surface area contributed by atoms with E-state index in [1.54, 1.807) is 36.4 Å². The highest BCUT2D eigenvalue weighted by Crippen LogP contribution is 2.32. The second kappa shape index (κ2) is 8.18. The number of hydrogen-bond acceptors (Lipinski definition) is 5. The van der Waals surface area contributed by atoms with Crippen molar-refractivity contribution in [3.05, 3.63) is 75.9 Å². The van der Waals surface area contributed by atoms with Crippen molar-refractivity contribution in [1.82, 2.24) is 10.3 Å². The van der Waals surface area contributed by atoms with Gasteiger partial charge in [0.2, 0.25) is 5.88 Å². The molecule has 152 valence electrons. The third-order valence-electron chi connectivity index (χ3n) is 4.35. The summed E-state index contributed by atoms with van der Waals surface area (Å²) in [6.45, 7) is 0.0967. The minimum Gasteiger partial charge on any atom is -0.505 e. The van der Waals surface area contributed by atoms with Gasteiger partial charge < -0.3 is 20.5 Å². The summed E-state index contributed by atoms with van der Waals surface area (Å²) >= 11 is 5.85.